The third-order valence-corrected chi connectivity index (χ3v) is 4.80. The highest BCUT2D eigenvalue weighted by Crippen LogP contribution is 2.49. The van der Waals surface area contributed by atoms with E-state index in [0.29, 0.717) is 0 Å². The monoisotopic (exact) mass is 411 g/mol. The summed E-state index contributed by atoms with van der Waals surface area (Å²) in [4.78, 5) is 0. The van der Waals surface area contributed by atoms with Crippen LogP contribution >= 0.6 is 0 Å². The number of hydrogen-bond acceptors (Lipinski definition) is 3. The fourth-order valence-corrected chi connectivity index (χ4v) is 2.36. The molecule has 0 aromatic carbocycles. The molecule has 0 aliphatic carbocycles. The van der Waals surface area contributed by atoms with Crippen molar-refractivity contribution in [2.75, 3.05) is 26.2 Å². The zero-order valence-electron chi connectivity index (χ0n) is 14.0. The first-order chi connectivity index (χ1) is 10.9. The Labute approximate surface area is 141 Å². The molecule has 0 aromatic rings. The first-order valence-corrected chi connectivity index (χ1v) is 8.63. The van der Waals surface area contributed by atoms with Crippen molar-refractivity contribution in [1.82, 2.24) is 0 Å². The van der Waals surface area contributed by atoms with Crippen molar-refractivity contribution < 1.29 is 52.6 Å². The second-order valence-corrected chi connectivity index (χ2v) is 6.51. The van der Waals surface area contributed by atoms with E-state index in [1.165, 1.54) is 30.7 Å². The van der Waals surface area contributed by atoms with Crippen LogP contribution in [0.5, 0.6) is 0 Å². The maximum atomic E-state index is 12.2. The van der Waals surface area contributed by atoms with Crippen LogP contribution < -0.4 is 0 Å². The summed E-state index contributed by atoms with van der Waals surface area (Å²) in [7, 11) is -6.65. The summed E-state index contributed by atoms with van der Waals surface area (Å²) in [5, 5.41) is 0. The maximum Gasteiger partial charge on any atom is 0.460 e. The second-order valence-electron chi connectivity index (χ2n) is 5.11. The molecule has 4 nitrogen and oxygen atoms in total. The van der Waals surface area contributed by atoms with E-state index in [1.807, 2.05) is 0 Å². The normalized spacial score (nSPS) is 15.4. The van der Waals surface area contributed by atoms with Gasteiger partial charge in [-0.25, -0.2) is 12.8 Å². The van der Waals surface area contributed by atoms with E-state index < -0.39 is 33.6 Å². The molecule has 0 saturated carbocycles. The van der Waals surface area contributed by atoms with Crippen molar-refractivity contribution in [3.63, 3.8) is 0 Å². The fourth-order valence-electron chi connectivity index (χ4n) is 1.85. The maximum absolute atomic E-state index is 12.2. The summed E-state index contributed by atoms with van der Waals surface area (Å²) in [5.74, 6) is -13.7. The van der Waals surface area contributed by atoms with Crippen LogP contribution in [0.25, 0.3) is 0 Å². The molecule has 0 rings (SSSR count). The van der Waals surface area contributed by atoms with Crippen molar-refractivity contribution in [1.29, 1.82) is 0 Å². The van der Waals surface area contributed by atoms with Gasteiger partial charge >= 0.3 is 18.0 Å². The largest absolute Gasteiger partial charge is 0.746 e. The summed E-state index contributed by atoms with van der Waals surface area (Å²) < 4.78 is 125. The molecule has 0 amide bonds. The van der Waals surface area contributed by atoms with E-state index >= 15 is 0 Å². The van der Waals surface area contributed by atoms with E-state index in [2.05, 4.69) is 27.7 Å². The van der Waals surface area contributed by atoms with Crippen molar-refractivity contribution >= 4 is 10.1 Å². The van der Waals surface area contributed by atoms with Crippen LogP contribution in [-0.4, -0.2) is 67.2 Å². The second kappa shape index (κ2) is 8.80. The van der Waals surface area contributed by atoms with E-state index in [1.54, 1.807) is 0 Å². The Morgan fingerprint density at radius 2 is 1.12 bits per heavy atom. The molecule has 0 aromatic heterocycles. The van der Waals surface area contributed by atoms with E-state index in [9.17, 15) is 48.1 Å². The van der Waals surface area contributed by atoms with Gasteiger partial charge in [0.1, 0.15) is 10.1 Å². The summed E-state index contributed by atoms with van der Waals surface area (Å²) >= 11 is 0. The molecular weight excluding hydrogens is 390 g/mol. The Balaban J connectivity index is 0. The molecule has 0 radical (unpaired) electrons. The van der Waals surface area contributed by atoms with Gasteiger partial charge in [0.05, 0.1) is 26.2 Å². The van der Waals surface area contributed by atoms with E-state index in [4.69, 9.17) is 0 Å². The lowest BCUT2D eigenvalue weighted by atomic mass is 10.2. The average molecular weight is 411 g/mol. The summed E-state index contributed by atoms with van der Waals surface area (Å²) in [6, 6.07) is 0. The van der Waals surface area contributed by atoms with Crippen molar-refractivity contribution in [2.45, 2.75) is 51.2 Å². The first kappa shape index (κ1) is 26.5. The zero-order valence-corrected chi connectivity index (χ0v) is 14.8. The van der Waals surface area contributed by atoms with Crippen molar-refractivity contribution in [3.05, 3.63) is 0 Å². The van der Waals surface area contributed by atoms with Crippen LogP contribution in [0.4, 0.5) is 35.1 Å². The van der Waals surface area contributed by atoms with Crippen LogP contribution in [0.3, 0.4) is 0 Å². The summed E-state index contributed by atoms with van der Waals surface area (Å²) in [6.07, 6.45) is -6.90. The number of alkyl halides is 8. The topological polar surface area (TPSA) is 57.2 Å². The molecule has 1 atom stereocenters. The summed E-state index contributed by atoms with van der Waals surface area (Å²) in [5.41, 5.74) is -5.20. The minimum Gasteiger partial charge on any atom is -0.746 e. The van der Waals surface area contributed by atoms with Gasteiger partial charge in [-0.1, -0.05) is 0 Å². The Hall–Kier alpha value is -0.690. The zero-order chi connectivity index (χ0) is 20.9. The molecule has 0 aliphatic rings. The molecule has 0 heterocycles. The highest BCUT2D eigenvalue weighted by molar-refractivity contribution is 7.86. The smallest absolute Gasteiger partial charge is 0.460 e. The van der Waals surface area contributed by atoms with E-state index in [-0.39, 0.29) is 0 Å². The minimum atomic E-state index is -6.98. The lowest BCUT2D eigenvalue weighted by Crippen LogP contribution is -2.58. The van der Waals surface area contributed by atoms with E-state index in [0.717, 1.165) is 0 Å². The minimum absolute atomic E-state index is 1.28. The lowest BCUT2D eigenvalue weighted by molar-refractivity contribution is -0.921. The molecule has 0 N–H and O–H groups in total. The first-order valence-electron chi connectivity index (χ1n) is 7.16. The molecule has 13 heteroatoms. The van der Waals surface area contributed by atoms with Gasteiger partial charge in [0.2, 0.25) is 0 Å². The molecule has 0 fully saturated rings. The molecule has 0 aliphatic heterocycles. The average Bonchev–Trinajstić information content (AvgIpc) is 2.47. The van der Waals surface area contributed by atoms with Gasteiger partial charge in [0, 0.05) is 0 Å². The quantitative estimate of drug-likeness (QED) is 0.366. The predicted molar refractivity (Wildman–Crippen MR) is 73.0 cm³/mol. The molecule has 1 unspecified atom stereocenters. The third kappa shape index (κ3) is 6.20. The Morgan fingerprint density at radius 1 is 0.840 bits per heavy atom. The van der Waals surface area contributed by atoms with Gasteiger partial charge in [0.25, 0.3) is 5.50 Å². The number of rotatable bonds is 7. The number of halogens is 8. The van der Waals surface area contributed by atoms with Crippen molar-refractivity contribution in [2.24, 2.45) is 0 Å². The Morgan fingerprint density at radius 3 is 1.24 bits per heavy atom. The van der Waals surface area contributed by atoms with Gasteiger partial charge in [-0.2, -0.15) is 30.7 Å². The van der Waals surface area contributed by atoms with Gasteiger partial charge in [-0.3, -0.25) is 0 Å². The highest BCUT2D eigenvalue weighted by Gasteiger charge is 2.77. The van der Waals surface area contributed by atoms with Crippen molar-refractivity contribution in [3.8, 4) is 0 Å². The van der Waals surface area contributed by atoms with Gasteiger partial charge < -0.3 is 9.04 Å². The Bertz CT molecular complexity index is 485. The third-order valence-electron chi connectivity index (χ3n) is 4.00. The number of hydrogen-bond donors (Lipinski definition) is 0. The molecule has 25 heavy (non-hydrogen) atoms. The SMILES string of the molecule is CC[N+](CC)(CC)CC.O=S(=O)([O-])C(F)C(F)(F)C(F)(F)C(F)(F)F. The van der Waals surface area contributed by atoms with Crippen LogP contribution in [0, 0.1) is 0 Å². The lowest BCUT2D eigenvalue weighted by Gasteiger charge is -2.34. The van der Waals surface area contributed by atoms with Crippen LogP contribution in [-0.2, 0) is 10.1 Å². The summed E-state index contributed by atoms with van der Waals surface area (Å²) in [6.45, 7) is 14.2. The van der Waals surface area contributed by atoms with Crippen LogP contribution in [0.2, 0.25) is 0 Å². The standard InChI is InChI=1S/C8H20N.C4H2F8O3S/c1-5-9(6-2,7-3)8-4;5-1(16(13,14)15)2(6,7)3(8,9)4(10,11)12/h5-8H2,1-4H3;1H,(H,13,14,15)/q+1;/p-1. The number of quaternary nitrogens is 1. The van der Waals surface area contributed by atoms with Gasteiger partial charge in [-0.05, 0) is 27.7 Å². The van der Waals surface area contributed by atoms with Gasteiger partial charge in [-0.15, -0.1) is 0 Å². The molecule has 0 bridgehead atoms. The molecular formula is C12H21F8NO3S. The fraction of sp³-hybridized carbons (Fsp3) is 1.00. The van der Waals surface area contributed by atoms with Gasteiger partial charge in [0.15, 0.2) is 0 Å². The molecule has 154 valence electrons. The highest BCUT2D eigenvalue weighted by atomic mass is 32.2. The van der Waals surface area contributed by atoms with Crippen LogP contribution in [0.15, 0.2) is 0 Å². The van der Waals surface area contributed by atoms with Crippen LogP contribution in [0.1, 0.15) is 27.7 Å². The molecule has 0 saturated heterocycles. The predicted octanol–water partition coefficient (Wildman–Crippen LogP) is 3.54. The Kier molecular flexibility index (Phi) is 9.34. The molecule has 0 spiro atoms. The number of nitrogens with zero attached hydrogens (tertiary/aromatic N) is 1.